The van der Waals surface area contributed by atoms with E-state index in [-0.39, 0.29) is 42.4 Å². The lowest BCUT2D eigenvalue weighted by atomic mass is 10.2. The van der Waals surface area contributed by atoms with Gasteiger partial charge in [-0.15, -0.1) is 12.4 Å². The first-order chi connectivity index (χ1) is 8.25. The van der Waals surface area contributed by atoms with E-state index in [4.69, 9.17) is 4.74 Å². The zero-order valence-electron chi connectivity index (χ0n) is 9.76. The summed E-state index contributed by atoms with van der Waals surface area (Å²) in [6, 6.07) is 3.07. The smallest absolute Gasteiger partial charge is 0.228 e. The maximum absolute atomic E-state index is 11.7. The summed E-state index contributed by atoms with van der Waals surface area (Å²) in [4.78, 5) is 15.5. The molecule has 0 spiro atoms. The average Bonchev–Trinajstić information content (AvgIpc) is 2.33. The van der Waals surface area contributed by atoms with Gasteiger partial charge in [-0.05, 0) is 12.1 Å². The van der Waals surface area contributed by atoms with Gasteiger partial charge in [0.2, 0.25) is 5.91 Å². The van der Waals surface area contributed by atoms with Crippen molar-refractivity contribution in [2.75, 3.05) is 25.0 Å². The van der Waals surface area contributed by atoms with E-state index in [2.05, 4.69) is 15.6 Å². The number of hydrogen-bond acceptors (Lipinski definition) is 5. The van der Waals surface area contributed by atoms with E-state index in [9.17, 15) is 9.90 Å². The fraction of sp³-hybridized carbons (Fsp3) is 0.455. The summed E-state index contributed by atoms with van der Waals surface area (Å²) in [7, 11) is 0. The van der Waals surface area contributed by atoms with Crippen molar-refractivity contribution in [2.24, 2.45) is 0 Å². The average molecular weight is 274 g/mol. The molecule has 1 aliphatic heterocycles. The molecule has 1 amide bonds. The third kappa shape index (κ3) is 4.14. The summed E-state index contributed by atoms with van der Waals surface area (Å²) in [6.07, 6.45) is 1.64. The van der Waals surface area contributed by atoms with Crippen molar-refractivity contribution >= 4 is 24.1 Å². The first-order valence-corrected chi connectivity index (χ1v) is 5.52. The molecule has 3 N–H and O–H groups in total. The Hall–Kier alpha value is -1.37. The molecule has 0 aliphatic carbocycles. The molecule has 0 aromatic carbocycles. The molecule has 100 valence electrons. The number of nitrogens with zero attached hydrogens (tertiary/aromatic N) is 1. The molecule has 1 saturated heterocycles. The first kappa shape index (κ1) is 14.7. The van der Waals surface area contributed by atoms with Gasteiger partial charge in [0.25, 0.3) is 0 Å². The Labute approximate surface area is 111 Å². The number of hydrogen-bond donors (Lipinski definition) is 3. The van der Waals surface area contributed by atoms with Gasteiger partial charge >= 0.3 is 0 Å². The van der Waals surface area contributed by atoms with Crippen LogP contribution in [0.15, 0.2) is 18.3 Å². The molecule has 18 heavy (non-hydrogen) atoms. The zero-order valence-corrected chi connectivity index (χ0v) is 10.6. The molecule has 1 aromatic heterocycles. The van der Waals surface area contributed by atoms with Crippen LogP contribution in [0.5, 0.6) is 5.75 Å². The molecule has 2 rings (SSSR count). The number of aromatic nitrogens is 1. The Morgan fingerprint density at radius 2 is 2.50 bits per heavy atom. The highest BCUT2D eigenvalue weighted by Gasteiger charge is 2.18. The summed E-state index contributed by atoms with van der Waals surface area (Å²) in [6.45, 7) is 2.10. The van der Waals surface area contributed by atoms with Gasteiger partial charge in [0.15, 0.2) is 11.6 Å². The van der Waals surface area contributed by atoms with Crippen LogP contribution in [0.4, 0.5) is 5.82 Å². The molecule has 0 radical (unpaired) electrons. The SMILES string of the molecule is Cl.O=C(CC1CNCCO1)Nc1ncccc1O. The second-order valence-electron chi connectivity index (χ2n) is 3.82. The van der Waals surface area contributed by atoms with E-state index in [1.807, 2.05) is 0 Å². The topological polar surface area (TPSA) is 83.5 Å². The molecule has 1 unspecified atom stereocenters. The van der Waals surface area contributed by atoms with Crippen LogP contribution in [0.25, 0.3) is 0 Å². The number of carbonyl (C=O) groups is 1. The minimum absolute atomic E-state index is 0. The fourth-order valence-corrected chi connectivity index (χ4v) is 1.63. The second-order valence-corrected chi connectivity index (χ2v) is 3.82. The molecular formula is C11H16ClN3O3. The Kier molecular flexibility index (Phi) is 5.84. The van der Waals surface area contributed by atoms with Crippen LogP contribution in [0, 0.1) is 0 Å². The van der Waals surface area contributed by atoms with Crippen molar-refractivity contribution in [2.45, 2.75) is 12.5 Å². The number of amides is 1. The van der Waals surface area contributed by atoms with Crippen molar-refractivity contribution < 1.29 is 14.6 Å². The Bertz CT molecular complexity index is 397. The minimum Gasteiger partial charge on any atom is -0.504 e. The Morgan fingerprint density at radius 3 is 3.17 bits per heavy atom. The highest BCUT2D eigenvalue weighted by molar-refractivity contribution is 5.91. The fourth-order valence-electron chi connectivity index (χ4n) is 1.63. The number of pyridine rings is 1. The zero-order chi connectivity index (χ0) is 12.1. The van der Waals surface area contributed by atoms with E-state index >= 15 is 0 Å². The van der Waals surface area contributed by atoms with Crippen molar-refractivity contribution in [1.29, 1.82) is 0 Å². The minimum atomic E-state index is -0.215. The molecule has 1 atom stereocenters. The van der Waals surface area contributed by atoms with Crippen LogP contribution in [-0.2, 0) is 9.53 Å². The number of anilines is 1. The van der Waals surface area contributed by atoms with Crippen molar-refractivity contribution in [1.82, 2.24) is 10.3 Å². The molecule has 1 aliphatic rings. The molecule has 2 heterocycles. The molecule has 6 nitrogen and oxygen atoms in total. The predicted octanol–water partition coefficient (Wildman–Crippen LogP) is 0.526. The number of aromatic hydroxyl groups is 1. The van der Waals surface area contributed by atoms with Gasteiger partial charge in [0.05, 0.1) is 19.1 Å². The van der Waals surface area contributed by atoms with Crippen LogP contribution in [0.1, 0.15) is 6.42 Å². The van der Waals surface area contributed by atoms with Gasteiger partial charge in [-0.25, -0.2) is 4.98 Å². The molecule has 1 aromatic rings. The molecule has 0 bridgehead atoms. The number of halogens is 1. The maximum Gasteiger partial charge on any atom is 0.228 e. The van der Waals surface area contributed by atoms with E-state index in [0.29, 0.717) is 13.2 Å². The van der Waals surface area contributed by atoms with Crippen LogP contribution in [-0.4, -0.2) is 41.8 Å². The predicted molar refractivity (Wildman–Crippen MR) is 69.0 cm³/mol. The van der Waals surface area contributed by atoms with Crippen LogP contribution in [0.3, 0.4) is 0 Å². The lowest BCUT2D eigenvalue weighted by molar-refractivity contribution is -0.119. The standard InChI is InChI=1S/C11H15N3O3.ClH/c15-9-2-1-3-13-11(9)14-10(16)6-8-7-12-4-5-17-8;/h1-3,8,12,15H,4-7H2,(H,13,14,16);1H. The lowest BCUT2D eigenvalue weighted by Gasteiger charge is -2.22. The summed E-state index contributed by atoms with van der Waals surface area (Å²) >= 11 is 0. The summed E-state index contributed by atoms with van der Waals surface area (Å²) in [5, 5.41) is 15.1. The van der Waals surface area contributed by atoms with Gasteiger partial charge in [-0.3, -0.25) is 4.79 Å². The Morgan fingerprint density at radius 1 is 1.67 bits per heavy atom. The largest absolute Gasteiger partial charge is 0.504 e. The van der Waals surface area contributed by atoms with Gasteiger partial charge in [0, 0.05) is 19.3 Å². The number of carbonyl (C=O) groups excluding carboxylic acids is 1. The highest BCUT2D eigenvalue weighted by atomic mass is 35.5. The van der Waals surface area contributed by atoms with E-state index < -0.39 is 0 Å². The van der Waals surface area contributed by atoms with Gasteiger partial charge in [0.1, 0.15) is 0 Å². The third-order valence-corrected chi connectivity index (χ3v) is 2.46. The van der Waals surface area contributed by atoms with Gasteiger partial charge < -0.3 is 20.5 Å². The molecular weight excluding hydrogens is 258 g/mol. The molecule has 1 fully saturated rings. The number of rotatable bonds is 3. The first-order valence-electron chi connectivity index (χ1n) is 5.52. The number of nitrogens with one attached hydrogen (secondary N) is 2. The number of morpholine rings is 1. The monoisotopic (exact) mass is 273 g/mol. The summed E-state index contributed by atoms with van der Waals surface area (Å²) in [5.41, 5.74) is 0. The lowest BCUT2D eigenvalue weighted by Crippen LogP contribution is -2.40. The third-order valence-electron chi connectivity index (χ3n) is 2.46. The molecule has 7 heteroatoms. The normalized spacial score (nSPS) is 18.8. The Balaban J connectivity index is 0.00000162. The number of ether oxygens (including phenoxy) is 1. The second kappa shape index (κ2) is 7.15. The van der Waals surface area contributed by atoms with E-state index in [0.717, 1.165) is 6.54 Å². The van der Waals surface area contributed by atoms with Crippen molar-refractivity contribution in [3.8, 4) is 5.75 Å². The summed E-state index contributed by atoms with van der Waals surface area (Å²) in [5.74, 6) is -0.0718. The van der Waals surface area contributed by atoms with E-state index in [1.54, 1.807) is 6.07 Å². The highest BCUT2D eigenvalue weighted by Crippen LogP contribution is 2.18. The van der Waals surface area contributed by atoms with Crippen molar-refractivity contribution in [3.05, 3.63) is 18.3 Å². The van der Waals surface area contributed by atoms with Crippen LogP contribution < -0.4 is 10.6 Å². The van der Waals surface area contributed by atoms with Gasteiger partial charge in [-0.1, -0.05) is 0 Å². The maximum atomic E-state index is 11.7. The van der Waals surface area contributed by atoms with Crippen molar-refractivity contribution in [3.63, 3.8) is 0 Å². The molecule has 0 saturated carbocycles. The van der Waals surface area contributed by atoms with E-state index in [1.165, 1.54) is 12.3 Å². The summed E-state index contributed by atoms with van der Waals surface area (Å²) < 4.78 is 5.41. The quantitative estimate of drug-likeness (QED) is 0.748. The van der Waals surface area contributed by atoms with Crippen LogP contribution >= 0.6 is 12.4 Å². The van der Waals surface area contributed by atoms with Crippen LogP contribution in [0.2, 0.25) is 0 Å². The van der Waals surface area contributed by atoms with Gasteiger partial charge in [-0.2, -0.15) is 0 Å².